The average molecular weight is 319 g/mol. The number of carbonyl (C=O) groups excluding carboxylic acids is 2. The molecule has 0 aromatic rings. The topological polar surface area (TPSA) is 105 Å². The maximum Gasteiger partial charge on any atom is 0.518 e. The molecule has 0 atom stereocenters. The molecule has 1 N–H and O–H groups in total. The highest BCUT2D eigenvalue weighted by molar-refractivity contribution is 7.91. The van der Waals surface area contributed by atoms with Gasteiger partial charge in [-0.05, 0) is 20.8 Å². The number of hydroxylamine groups is 2. The third-order valence-electron chi connectivity index (χ3n) is 1.36. The lowest BCUT2D eigenvalue weighted by Gasteiger charge is -2.26. The molecule has 116 valence electrons. The molecule has 0 rings (SSSR count). The summed E-state index contributed by atoms with van der Waals surface area (Å²) in [5.74, 6) is -1.23. The lowest BCUT2D eigenvalue weighted by atomic mass is 10.2. The largest absolute Gasteiger partial charge is 0.518 e. The van der Waals surface area contributed by atoms with Crippen molar-refractivity contribution in [1.29, 1.82) is 0 Å². The highest BCUT2D eigenvalue weighted by atomic mass is 32.2. The number of rotatable bonds is 4. The molecular weight excluding hydrogens is 307 g/mol. The standard InChI is InChI=1S/C8H12F3N3O5S/c1-7(2,3)19-14(5-16)6(12-4-15)13-20(17,18)8(9,10)11/h4-5H,1-3H3,(H,12,13,15). The van der Waals surface area contributed by atoms with Crippen LogP contribution in [0.5, 0.6) is 0 Å². The summed E-state index contributed by atoms with van der Waals surface area (Å²) in [6.45, 7) is 4.29. The number of amides is 2. The van der Waals surface area contributed by atoms with E-state index in [4.69, 9.17) is 4.84 Å². The Balaban J connectivity index is 5.64. The van der Waals surface area contributed by atoms with E-state index in [0.717, 1.165) is 0 Å². The number of carbonyl (C=O) groups is 2. The van der Waals surface area contributed by atoms with Crippen molar-refractivity contribution >= 4 is 28.8 Å². The van der Waals surface area contributed by atoms with E-state index in [-0.39, 0.29) is 17.9 Å². The lowest BCUT2D eigenvalue weighted by molar-refractivity contribution is -0.185. The van der Waals surface area contributed by atoms with Crippen LogP contribution in [0.2, 0.25) is 0 Å². The molecule has 0 aromatic heterocycles. The zero-order valence-corrected chi connectivity index (χ0v) is 11.4. The lowest BCUT2D eigenvalue weighted by Crippen LogP contribution is -2.45. The maximum atomic E-state index is 12.2. The fourth-order valence-electron chi connectivity index (χ4n) is 0.758. The number of guanidine groups is 1. The summed E-state index contributed by atoms with van der Waals surface area (Å²) in [5.41, 5.74) is -6.74. The van der Waals surface area contributed by atoms with Crippen molar-refractivity contribution in [2.24, 2.45) is 4.40 Å². The van der Waals surface area contributed by atoms with Crippen LogP contribution >= 0.6 is 0 Å². The van der Waals surface area contributed by atoms with Gasteiger partial charge in [0, 0.05) is 0 Å². The fraction of sp³-hybridized carbons (Fsp3) is 0.625. The number of alkyl halides is 3. The van der Waals surface area contributed by atoms with E-state index in [0.29, 0.717) is 0 Å². The van der Waals surface area contributed by atoms with Crippen LogP contribution in [0.25, 0.3) is 0 Å². The van der Waals surface area contributed by atoms with Gasteiger partial charge in [0.2, 0.25) is 18.8 Å². The van der Waals surface area contributed by atoms with Gasteiger partial charge in [-0.1, -0.05) is 0 Å². The quantitative estimate of drug-likeness (QED) is 0.343. The number of nitrogens with zero attached hydrogens (tertiary/aromatic N) is 2. The van der Waals surface area contributed by atoms with Gasteiger partial charge in [-0.3, -0.25) is 19.7 Å². The Kier molecular flexibility index (Phi) is 5.65. The Morgan fingerprint density at radius 1 is 1.25 bits per heavy atom. The third kappa shape index (κ3) is 5.52. The summed E-state index contributed by atoms with van der Waals surface area (Å²) in [4.78, 5) is 25.8. The van der Waals surface area contributed by atoms with Gasteiger partial charge in [-0.15, -0.1) is 4.40 Å². The average Bonchev–Trinajstić information content (AvgIpc) is 2.22. The summed E-state index contributed by atoms with van der Waals surface area (Å²) in [6, 6.07) is 0. The monoisotopic (exact) mass is 319 g/mol. The second-order valence-corrected chi connectivity index (χ2v) is 5.83. The first-order chi connectivity index (χ1) is 8.84. The van der Waals surface area contributed by atoms with Crippen molar-refractivity contribution in [2.45, 2.75) is 31.9 Å². The molecule has 0 aliphatic heterocycles. The summed E-state index contributed by atoms with van der Waals surface area (Å²) < 4.78 is 60.6. The van der Waals surface area contributed by atoms with Crippen LogP contribution in [0.4, 0.5) is 13.2 Å². The Morgan fingerprint density at radius 2 is 1.75 bits per heavy atom. The minimum atomic E-state index is -5.94. The van der Waals surface area contributed by atoms with Crippen molar-refractivity contribution in [3.63, 3.8) is 0 Å². The van der Waals surface area contributed by atoms with E-state index < -0.39 is 27.1 Å². The highest BCUT2D eigenvalue weighted by Gasteiger charge is 2.47. The second-order valence-electron chi connectivity index (χ2n) is 4.23. The minimum absolute atomic E-state index is 0.0672. The van der Waals surface area contributed by atoms with Gasteiger partial charge in [0.15, 0.2) is 0 Å². The van der Waals surface area contributed by atoms with Gasteiger partial charge in [0.05, 0.1) is 5.60 Å². The molecule has 0 fully saturated rings. The van der Waals surface area contributed by atoms with Crippen molar-refractivity contribution in [3.8, 4) is 0 Å². The molecule has 0 heterocycles. The Hall–Kier alpha value is -1.69. The van der Waals surface area contributed by atoms with Crippen molar-refractivity contribution in [3.05, 3.63) is 0 Å². The number of sulfonamides is 1. The van der Waals surface area contributed by atoms with Crippen LogP contribution in [-0.2, 0) is 24.4 Å². The number of nitrogens with one attached hydrogen (secondary N) is 1. The first-order valence-electron chi connectivity index (χ1n) is 4.89. The van der Waals surface area contributed by atoms with Crippen molar-refractivity contribution in [1.82, 2.24) is 10.4 Å². The van der Waals surface area contributed by atoms with E-state index in [2.05, 4.69) is 4.40 Å². The number of hydrogen-bond donors (Lipinski definition) is 1. The fourth-order valence-corrected chi connectivity index (χ4v) is 1.22. The van der Waals surface area contributed by atoms with E-state index in [1.807, 2.05) is 0 Å². The molecule has 0 bridgehead atoms. The SMILES string of the molecule is CC(C)(C)ON(C=O)C(=NS(=O)(=O)C(F)(F)F)NC=O. The molecule has 0 aliphatic carbocycles. The molecule has 0 saturated carbocycles. The third-order valence-corrected chi connectivity index (χ3v) is 2.36. The van der Waals surface area contributed by atoms with Crippen molar-refractivity contribution < 1.29 is 36.0 Å². The summed E-state index contributed by atoms with van der Waals surface area (Å²) in [5, 5.41) is 1.61. The maximum absolute atomic E-state index is 12.2. The molecule has 0 radical (unpaired) electrons. The van der Waals surface area contributed by atoms with Gasteiger partial charge >= 0.3 is 15.5 Å². The van der Waals surface area contributed by atoms with Crippen LogP contribution in [0, 0.1) is 0 Å². The van der Waals surface area contributed by atoms with Gasteiger partial charge in [-0.2, -0.15) is 26.7 Å². The summed E-state index contributed by atoms with van der Waals surface area (Å²) >= 11 is 0. The smallest absolute Gasteiger partial charge is 0.296 e. The Labute approximate surface area is 112 Å². The molecule has 20 heavy (non-hydrogen) atoms. The van der Waals surface area contributed by atoms with E-state index >= 15 is 0 Å². The van der Waals surface area contributed by atoms with Gasteiger partial charge in [0.25, 0.3) is 0 Å². The van der Waals surface area contributed by atoms with Gasteiger partial charge < -0.3 is 0 Å². The van der Waals surface area contributed by atoms with E-state index in [1.165, 1.54) is 20.8 Å². The van der Waals surface area contributed by atoms with E-state index in [1.54, 1.807) is 5.32 Å². The zero-order valence-electron chi connectivity index (χ0n) is 10.6. The van der Waals surface area contributed by atoms with Crippen LogP contribution in [-0.4, -0.2) is 43.4 Å². The molecule has 0 aliphatic rings. The second kappa shape index (κ2) is 6.17. The molecule has 0 spiro atoms. The number of halogens is 3. The molecule has 0 aromatic carbocycles. The zero-order chi connectivity index (χ0) is 16.2. The number of hydrogen-bond acceptors (Lipinski definition) is 5. The molecule has 0 saturated heterocycles. The first-order valence-corrected chi connectivity index (χ1v) is 6.33. The van der Waals surface area contributed by atoms with Crippen LogP contribution in [0.3, 0.4) is 0 Å². The predicted octanol–water partition coefficient (Wildman–Crippen LogP) is 0.127. The molecule has 8 nitrogen and oxygen atoms in total. The molecule has 0 unspecified atom stereocenters. The molecule has 2 amide bonds. The van der Waals surface area contributed by atoms with Gasteiger partial charge in [-0.25, -0.2) is 0 Å². The Bertz CT molecular complexity index is 494. The van der Waals surface area contributed by atoms with Gasteiger partial charge in [0.1, 0.15) is 0 Å². The predicted molar refractivity (Wildman–Crippen MR) is 60.4 cm³/mol. The Morgan fingerprint density at radius 3 is 2.05 bits per heavy atom. The van der Waals surface area contributed by atoms with Crippen LogP contribution in [0.15, 0.2) is 4.40 Å². The van der Waals surface area contributed by atoms with E-state index in [9.17, 15) is 31.2 Å². The summed E-state index contributed by atoms with van der Waals surface area (Å²) in [7, 11) is -5.94. The van der Waals surface area contributed by atoms with Crippen LogP contribution < -0.4 is 5.32 Å². The van der Waals surface area contributed by atoms with Crippen molar-refractivity contribution in [2.75, 3.05) is 0 Å². The first kappa shape index (κ1) is 18.3. The minimum Gasteiger partial charge on any atom is -0.296 e. The molecular formula is C8H12F3N3O5S. The summed E-state index contributed by atoms with van der Waals surface area (Å²) in [6.07, 6.45) is -0.306. The normalized spacial score (nSPS) is 13.8. The van der Waals surface area contributed by atoms with Crippen LogP contribution in [0.1, 0.15) is 20.8 Å². The molecule has 12 heteroatoms. The highest BCUT2D eigenvalue weighted by Crippen LogP contribution is 2.25.